The topological polar surface area (TPSA) is 0 Å². The maximum Gasteiger partial charge on any atom is 0.0541 e. The van der Waals surface area contributed by atoms with Crippen molar-refractivity contribution in [3.8, 4) is 0 Å². The summed E-state index contributed by atoms with van der Waals surface area (Å²) in [6, 6.07) is 17.4. The number of allylic oxidation sites excluding steroid dienone is 2. The summed E-state index contributed by atoms with van der Waals surface area (Å²) in [6.07, 6.45) is 17.5. The van der Waals surface area contributed by atoms with Crippen molar-refractivity contribution in [2.24, 2.45) is 0 Å². The molecule has 6 rings (SSSR count). The van der Waals surface area contributed by atoms with Crippen LogP contribution in [0.5, 0.6) is 0 Å². The molecular formula is C26H16S4. The fourth-order valence-electron chi connectivity index (χ4n) is 3.69. The van der Waals surface area contributed by atoms with Crippen molar-refractivity contribution in [2.45, 2.75) is 19.6 Å². The maximum absolute atomic E-state index is 2.24. The van der Waals surface area contributed by atoms with Crippen LogP contribution in [0, 0.1) is 63.2 Å². The van der Waals surface area contributed by atoms with Gasteiger partial charge in [-0.15, -0.1) is 0 Å². The van der Waals surface area contributed by atoms with Crippen LogP contribution < -0.4 is 0 Å². The van der Waals surface area contributed by atoms with Gasteiger partial charge in [-0.1, -0.05) is 71.3 Å². The minimum absolute atomic E-state index is 1.29. The second-order valence-corrected chi connectivity index (χ2v) is 11.7. The third-order valence-electron chi connectivity index (χ3n) is 5.07. The fourth-order valence-corrected chi connectivity index (χ4v) is 8.95. The molecule has 4 aliphatic rings. The number of rotatable bonds is 3. The molecule has 2 aliphatic carbocycles. The summed E-state index contributed by atoms with van der Waals surface area (Å²) in [4.78, 5) is 5.40. The van der Waals surface area contributed by atoms with E-state index in [0.29, 0.717) is 0 Å². The number of hydrogen-bond donors (Lipinski definition) is 0. The molecule has 0 atom stereocenters. The van der Waals surface area contributed by atoms with Gasteiger partial charge in [0.2, 0.25) is 0 Å². The van der Waals surface area contributed by atoms with Crippen LogP contribution in [0.25, 0.3) is 0 Å². The average Bonchev–Trinajstić information content (AvgIpc) is 3.57. The van der Waals surface area contributed by atoms with Crippen molar-refractivity contribution in [3.63, 3.8) is 0 Å². The fraction of sp³-hybridized carbons (Fsp3) is 0. The predicted octanol–water partition coefficient (Wildman–Crippen LogP) is 8.02. The molecule has 0 bridgehead atoms. The van der Waals surface area contributed by atoms with Crippen LogP contribution in [0.1, 0.15) is 0 Å². The molecule has 2 aromatic carbocycles. The Kier molecular flexibility index (Phi) is 5.78. The van der Waals surface area contributed by atoms with Gasteiger partial charge in [-0.25, -0.2) is 0 Å². The second-order valence-electron chi connectivity index (χ2n) is 6.97. The number of fused-ring (bicyclic) bond motifs is 2. The Balaban J connectivity index is 1.49. The first kappa shape index (κ1) is 20.0. The average molecular weight is 457 g/mol. The Morgan fingerprint density at radius 1 is 0.433 bits per heavy atom. The minimum atomic E-state index is 1.29. The highest BCUT2D eigenvalue weighted by Gasteiger charge is 2.37. The lowest BCUT2D eigenvalue weighted by atomic mass is 9.85. The van der Waals surface area contributed by atoms with Crippen LogP contribution in [0.15, 0.2) is 87.7 Å². The van der Waals surface area contributed by atoms with Crippen molar-refractivity contribution in [1.29, 1.82) is 0 Å². The highest BCUT2D eigenvalue weighted by molar-refractivity contribution is 8.25. The molecule has 144 valence electrons. The van der Waals surface area contributed by atoms with E-state index in [4.69, 9.17) is 0 Å². The first-order valence-electron chi connectivity index (χ1n) is 9.69. The molecule has 2 aromatic rings. The van der Waals surface area contributed by atoms with E-state index >= 15 is 0 Å². The zero-order chi connectivity index (χ0) is 19.9. The van der Waals surface area contributed by atoms with Gasteiger partial charge < -0.3 is 0 Å². The maximum atomic E-state index is 2.24. The lowest BCUT2D eigenvalue weighted by Gasteiger charge is -2.25. The molecule has 0 unspecified atom stereocenters. The van der Waals surface area contributed by atoms with E-state index in [0.717, 1.165) is 0 Å². The molecule has 0 nitrogen and oxygen atoms in total. The van der Waals surface area contributed by atoms with Gasteiger partial charge in [0.15, 0.2) is 0 Å². The third kappa shape index (κ3) is 3.72. The van der Waals surface area contributed by atoms with Gasteiger partial charge in [0.25, 0.3) is 0 Å². The van der Waals surface area contributed by atoms with Crippen molar-refractivity contribution < 1.29 is 0 Å². The van der Waals surface area contributed by atoms with E-state index in [2.05, 4.69) is 99.9 Å². The number of benzene rings is 2. The molecule has 2 saturated carbocycles. The molecule has 2 aliphatic heterocycles. The minimum Gasteiger partial charge on any atom is -0.0812 e. The van der Waals surface area contributed by atoms with Gasteiger partial charge in [-0.2, -0.15) is 0 Å². The molecule has 4 heteroatoms. The van der Waals surface area contributed by atoms with Crippen LogP contribution in [0.4, 0.5) is 0 Å². The monoisotopic (exact) mass is 456 g/mol. The summed E-state index contributed by atoms with van der Waals surface area (Å²) in [6.45, 7) is 0. The molecule has 0 N–H and O–H groups in total. The van der Waals surface area contributed by atoms with Gasteiger partial charge in [0.1, 0.15) is 0 Å². The van der Waals surface area contributed by atoms with Crippen LogP contribution in [-0.2, 0) is 0 Å². The first-order valence-corrected chi connectivity index (χ1v) is 13.0. The van der Waals surface area contributed by atoms with Gasteiger partial charge in [-0.3, -0.25) is 0 Å². The Morgan fingerprint density at radius 2 is 0.733 bits per heavy atom. The summed E-state index contributed by atoms with van der Waals surface area (Å²) in [5, 5.41) is 0. The van der Waals surface area contributed by atoms with E-state index in [1.165, 1.54) is 51.0 Å². The van der Waals surface area contributed by atoms with Crippen LogP contribution >= 0.6 is 47.0 Å². The number of thioether (sulfide) groups is 4. The molecule has 0 amide bonds. The van der Waals surface area contributed by atoms with Gasteiger partial charge in [-0.05, 0) is 86.8 Å². The molecule has 2 heterocycles. The molecule has 0 aromatic heterocycles. The third-order valence-corrected chi connectivity index (χ3v) is 10.2. The quantitative estimate of drug-likeness (QED) is 0.458. The van der Waals surface area contributed by atoms with E-state index in [9.17, 15) is 0 Å². The molecule has 0 saturated heterocycles. The van der Waals surface area contributed by atoms with E-state index < -0.39 is 0 Å². The van der Waals surface area contributed by atoms with Gasteiger partial charge in [0.05, 0.1) is 8.47 Å². The summed E-state index contributed by atoms with van der Waals surface area (Å²) >= 11 is 7.60. The Morgan fingerprint density at radius 3 is 1.03 bits per heavy atom. The van der Waals surface area contributed by atoms with Gasteiger partial charge in [0, 0.05) is 31.4 Å². The second kappa shape index (κ2) is 8.69. The Labute approximate surface area is 197 Å². The molecule has 2 fully saturated rings. The summed E-state index contributed by atoms with van der Waals surface area (Å²) in [5.74, 6) is 2.58. The van der Waals surface area contributed by atoms with Crippen molar-refractivity contribution in [1.82, 2.24) is 0 Å². The molecule has 10 radical (unpaired) electrons. The van der Waals surface area contributed by atoms with Crippen LogP contribution in [0.3, 0.4) is 0 Å². The smallest absolute Gasteiger partial charge is 0.0541 e. The highest BCUT2D eigenvalue weighted by Crippen LogP contribution is 2.61. The molecule has 30 heavy (non-hydrogen) atoms. The summed E-state index contributed by atoms with van der Waals surface area (Å²) in [5.41, 5.74) is 2.69. The number of hydrogen-bond acceptors (Lipinski definition) is 4. The predicted molar refractivity (Wildman–Crippen MR) is 131 cm³/mol. The van der Waals surface area contributed by atoms with E-state index in [1.807, 2.05) is 47.0 Å². The van der Waals surface area contributed by atoms with Crippen molar-refractivity contribution >= 4 is 47.0 Å². The van der Waals surface area contributed by atoms with Crippen molar-refractivity contribution in [2.75, 3.05) is 0 Å². The van der Waals surface area contributed by atoms with Crippen LogP contribution in [0.2, 0.25) is 0 Å². The largest absolute Gasteiger partial charge is 0.0812 e. The summed E-state index contributed by atoms with van der Waals surface area (Å²) in [7, 11) is 0. The van der Waals surface area contributed by atoms with E-state index in [1.54, 1.807) is 0 Å². The summed E-state index contributed by atoms with van der Waals surface area (Å²) < 4.78 is 2.73. The zero-order valence-corrected chi connectivity index (χ0v) is 19.1. The zero-order valence-electron chi connectivity index (χ0n) is 15.9. The highest BCUT2D eigenvalue weighted by atomic mass is 32.2. The molecule has 0 spiro atoms. The lowest BCUT2D eigenvalue weighted by molar-refractivity contribution is 1.18. The van der Waals surface area contributed by atoms with Crippen LogP contribution in [-0.4, -0.2) is 0 Å². The van der Waals surface area contributed by atoms with Gasteiger partial charge >= 0.3 is 0 Å². The Bertz CT molecular complexity index is 885. The normalized spacial score (nSPS) is 21.3. The van der Waals surface area contributed by atoms with Crippen molar-refractivity contribution in [3.05, 3.63) is 131 Å². The first-order chi connectivity index (χ1) is 14.9. The SMILES string of the molecule is [CH]1[CH][CH][C](C(=C2Sc3ccccc3S2)C([C]2[CH][CH][CH][CH]2)=C2Sc3ccccc3S2)[CH]1. The Hall–Kier alpha value is -0.680. The van der Waals surface area contributed by atoms with E-state index in [-0.39, 0.29) is 0 Å². The lowest BCUT2D eigenvalue weighted by Crippen LogP contribution is -2.10. The standard InChI is InChI=1S/C26H16S4/c1-2-10-17(9-1)23(25-27-19-13-5-6-14-20(19)28-25)24(18-11-3-4-12-18)26-29-21-15-7-8-16-22(21)30-26/h1-16H. The molecular weight excluding hydrogens is 441 g/mol.